The van der Waals surface area contributed by atoms with E-state index in [0.29, 0.717) is 5.76 Å². The standard InChI is InChI=1S/C27H37N3O5.C3H6/c1-6-33-25(31)23(28-26(32)34-27(3,4)5)17-21-16-20(29-35-21)12-8-7-11-15-30-18-19(2)22-13-9-10-14-24(22)30;1-3-2/h9-10,13-14,16,23H,2,6-8,11-12,15,17-18H2,1,3-5H3,(H,28,32);3H,1H2,2H3. The first-order valence-corrected chi connectivity index (χ1v) is 13.3. The van der Waals surface area contributed by atoms with Crippen molar-refractivity contribution in [3.05, 3.63) is 66.6 Å². The summed E-state index contributed by atoms with van der Waals surface area (Å²) in [6.45, 7) is 18.5. The van der Waals surface area contributed by atoms with E-state index in [1.54, 1.807) is 33.8 Å². The summed E-state index contributed by atoms with van der Waals surface area (Å²) in [4.78, 5) is 26.9. The summed E-state index contributed by atoms with van der Waals surface area (Å²) in [7, 11) is 0. The molecule has 1 unspecified atom stereocenters. The van der Waals surface area contributed by atoms with Crippen molar-refractivity contribution in [3.63, 3.8) is 0 Å². The van der Waals surface area contributed by atoms with Crippen molar-refractivity contribution < 1.29 is 23.6 Å². The number of benzene rings is 1. The van der Waals surface area contributed by atoms with Gasteiger partial charge in [0.1, 0.15) is 17.4 Å². The van der Waals surface area contributed by atoms with Gasteiger partial charge < -0.3 is 24.2 Å². The van der Waals surface area contributed by atoms with Crippen LogP contribution >= 0.6 is 0 Å². The number of unbranched alkanes of at least 4 members (excludes halogenated alkanes) is 2. The van der Waals surface area contributed by atoms with E-state index in [-0.39, 0.29) is 13.0 Å². The maximum atomic E-state index is 12.3. The zero-order valence-corrected chi connectivity index (χ0v) is 23.5. The summed E-state index contributed by atoms with van der Waals surface area (Å²) < 4.78 is 15.8. The predicted octanol–water partition coefficient (Wildman–Crippen LogP) is 6.11. The van der Waals surface area contributed by atoms with Gasteiger partial charge >= 0.3 is 12.1 Å². The number of anilines is 1. The molecule has 1 aromatic carbocycles. The number of aromatic nitrogens is 1. The molecule has 0 bridgehead atoms. The minimum Gasteiger partial charge on any atom is -0.464 e. The number of fused-ring (bicyclic) bond motifs is 1. The topological polar surface area (TPSA) is 93.9 Å². The molecular formula is C30H43N3O5. The fourth-order valence-electron chi connectivity index (χ4n) is 4.09. The molecule has 1 amide bonds. The maximum Gasteiger partial charge on any atom is 0.408 e. The summed E-state index contributed by atoms with van der Waals surface area (Å²) in [5.41, 5.74) is 3.87. The highest BCUT2D eigenvalue weighted by Crippen LogP contribution is 2.34. The quantitative estimate of drug-likeness (QED) is 0.215. The van der Waals surface area contributed by atoms with Crippen LogP contribution in [-0.2, 0) is 27.1 Å². The molecule has 1 atom stereocenters. The Morgan fingerprint density at radius 2 is 1.95 bits per heavy atom. The lowest BCUT2D eigenvalue weighted by Gasteiger charge is -2.22. The summed E-state index contributed by atoms with van der Waals surface area (Å²) in [5, 5.41) is 6.71. The maximum absolute atomic E-state index is 12.3. The van der Waals surface area contributed by atoms with E-state index in [1.807, 2.05) is 13.0 Å². The molecule has 3 rings (SSSR count). The predicted molar refractivity (Wildman–Crippen MR) is 151 cm³/mol. The van der Waals surface area contributed by atoms with E-state index in [4.69, 9.17) is 14.0 Å². The number of para-hydroxylation sites is 1. The van der Waals surface area contributed by atoms with Gasteiger partial charge in [-0.2, -0.15) is 0 Å². The number of carbonyl (C=O) groups is 2. The van der Waals surface area contributed by atoms with Crippen molar-refractivity contribution in [3.8, 4) is 0 Å². The van der Waals surface area contributed by atoms with Gasteiger partial charge in [0.15, 0.2) is 0 Å². The number of nitrogens with one attached hydrogen (secondary N) is 1. The lowest BCUT2D eigenvalue weighted by atomic mass is 10.1. The van der Waals surface area contributed by atoms with Gasteiger partial charge in [0.25, 0.3) is 0 Å². The number of ether oxygens (including phenoxy) is 2. The Bertz CT molecular complexity index is 1070. The van der Waals surface area contributed by atoms with Gasteiger partial charge in [0, 0.05) is 36.8 Å². The minimum absolute atomic E-state index is 0.142. The first-order chi connectivity index (χ1) is 18.1. The Labute approximate surface area is 227 Å². The Hall–Kier alpha value is -3.55. The van der Waals surface area contributed by atoms with Crippen LogP contribution in [0.1, 0.15) is 70.9 Å². The molecule has 1 aromatic heterocycles. The number of allylic oxidation sites excluding steroid dienone is 1. The summed E-state index contributed by atoms with van der Waals surface area (Å²) >= 11 is 0. The van der Waals surface area contributed by atoms with Crippen LogP contribution in [0, 0.1) is 0 Å². The molecule has 0 saturated heterocycles. The molecule has 208 valence electrons. The van der Waals surface area contributed by atoms with Gasteiger partial charge in [-0.1, -0.05) is 42.4 Å². The fourth-order valence-corrected chi connectivity index (χ4v) is 4.09. The molecule has 0 radical (unpaired) electrons. The summed E-state index contributed by atoms with van der Waals surface area (Å²) in [6, 6.07) is 9.35. The molecule has 8 nitrogen and oxygen atoms in total. The van der Waals surface area contributed by atoms with E-state index in [2.05, 4.69) is 52.8 Å². The van der Waals surface area contributed by atoms with Crippen molar-refractivity contribution in [1.29, 1.82) is 0 Å². The lowest BCUT2D eigenvalue weighted by molar-refractivity contribution is -0.145. The Morgan fingerprint density at radius 1 is 1.24 bits per heavy atom. The van der Waals surface area contributed by atoms with E-state index < -0.39 is 23.7 Å². The zero-order chi connectivity index (χ0) is 28.1. The van der Waals surface area contributed by atoms with Crippen molar-refractivity contribution in [2.75, 3.05) is 24.6 Å². The molecule has 2 heterocycles. The Kier molecular flexibility index (Phi) is 12.1. The van der Waals surface area contributed by atoms with Crippen LogP contribution in [0.2, 0.25) is 0 Å². The van der Waals surface area contributed by atoms with Crippen LogP contribution in [-0.4, -0.2) is 48.6 Å². The fraction of sp³-hybridized carbons (Fsp3) is 0.500. The van der Waals surface area contributed by atoms with E-state index >= 15 is 0 Å². The van der Waals surface area contributed by atoms with E-state index in [0.717, 1.165) is 44.5 Å². The molecule has 0 aliphatic carbocycles. The third-order valence-electron chi connectivity index (χ3n) is 5.64. The molecular weight excluding hydrogens is 482 g/mol. The second-order valence-corrected chi connectivity index (χ2v) is 10.2. The van der Waals surface area contributed by atoms with Crippen molar-refractivity contribution in [2.24, 2.45) is 0 Å². The van der Waals surface area contributed by atoms with Gasteiger partial charge in [0.2, 0.25) is 0 Å². The molecule has 0 saturated carbocycles. The number of hydrogen-bond donors (Lipinski definition) is 1. The number of amides is 1. The highest BCUT2D eigenvalue weighted by atomic mass is 16.6. The van der Waals surface area contributed by atoms with Crippen LogP contribution in [0.15, 0.2) is 54.1 Å². The van der Waals surface area contributed by atoms with Crippen LogP contribution in [0.4, 0.5) is 10.5 Å². The normalized spacial score (nSPS) is 13.2. The third-order valence-corrected chi connectivity index (χ3v) is 5.64. The second-order valence-electron chi connectivity index (χ2n) is 10.2. The van der Waals surface area contributed by atoms with Crippen molar-refractivity contribution >= 4 is 23.3 Å². The smallest absolute Gasteiger partial charge is 0.408 e. The molecule has 1 aliphatic rings. The van der Waals surface area contributed by atoms with Crippen LogP contribution in [0.3, 0.4) is 0 Å². The third kappa shape index (κ3) is 10.1. The number of esters is 1. The van der Waals surface area contributed by atoms with Crippen molar-refractivity contribution in [2.45, 2.75) is 78.4 Å². The number of alkyl carbamates (subject to hydrolysis) is 1. The average molecular weight is 526 g/mol. The van der Waals surface area contributed by atoms with Gasteiger partial charge in [-0.25, -0.2) is 9.59 Å². The largest absolute Gasteiger partial charge is 0.464 e. The lowest BCUT2D eigenvalue weighted by Crippen LogP contribution is -2.45. The van der Waals surface area contributed by atoms with Crippen LogP contribution in [0.25, 0.3) is 5.57 Å². The van der Waals surface area contributed by atoms with Crippen LogP contribution in [0.5, 0.6) is 0 Å². The second kappa shape index (κ2) is 15.0. The highest BCUT2D eigenvalue weighted by molar-refractivity contribution is 5.84. The number of nitrogens with zero attached hydrogens (tertiary/aromatic N) is 2. The summed E-state index contributed by atoms with van der Waals surface area (Å²) in [5.74, 6) is -0.0243. The van der Waals surface area contributed by atoms with Gasteiger partial charge in [-0.3, -0.25) is 0 Å². The van der Waals surface area contributed by atoms with Gasteiger partial charge in [0.05, 0.1) is 12.3 Å². The summed E-state index contributed by atoms with van der Waals surface area (Å²) in [6.07, 6.45) is 5.13. The first-order valence-electron chi connectivity index (χ1n) is 13.3. The van der Waals surface area contributed by atoms with Gasteiger partial charge in [-0.15, -0.1) is 6.58 Å². The highest BCUT2D eigenvalue weighted by Gasteiger charge is 2.27. The Balaban J connectivity index is 0.00000161. The number of aryl methyl sites for hydroxylation is 1. The molecule has 2 aromatic rings. The average Bonchev–Trinajstić information content (AvgIpc) is 3.42. The van der Waals surface area contributed by atoms with E-state index in [1.165, 1.54) is 16.8 Å². The minimum atomic E-state index is -0.913. The van der Waals surface area contributed by atoms with Crippen molar-refractivity contribution in [1.82, 2.24) is 10.5 Å². The first kappa shape index (κ1) is 30.7. The SMILES string of the molecule is C=C1CN(CCCCCc2cc(CC(NC(=O)OC(C)(C)C)C(=O)OCC)on2)c2ccccc21.C=CC. The molecule has 8 heteroatoms. The monoisotopic (exact) mass is 525 g/mol. The zero-order valence-electron chi connectivity index (χ0n) is 23.5. The number of rotatable bonds is 11. The molecule has 38 heavy (non-hydrogen) atoms. The molecule has 0 spiro atoms. The molecule has 0 fully saturated rings. The van der Waals surface area contributed by atoms with E-state index in [9.17, 15) is 9.59 Å². The number of hydrogen-bond acceptors (Lipinski definition) is 7. The molecule has 1 N–H and O–H groups in total. The molecule has 1 aliphatic heterocycles. The Morgan fingerprint density at radius 3 is 2.63 bits per heavy atom. The van der Waals surface area contributed by atoms with Crippen LogP contribution < -0.4 is 10.2 Å². The number of carbonyl (C=O) groups excluding carboxylic acids is 2. The van der Waals surface area contributed by atoms with Gasteiger partial charge in [-0.05, 0) is 65.5 Å².